The van der Waals surface area contributed by atoms with E-state index in [0.29, 0.717) is 23.7 Å². The highest BCUT2D eigenvalue weighted by Crippen LogP contribution is 2.14. The lowest BCUT2D eigenvalue weighted by atomic mass is 10.2. The third-order valence-corrected chi connectivity index (χ3v) is 4.68. The lowest BCUT2D eigenvalue weighted by Crippen LogP contribution is -2.43. The average molecular weight is 449 g/mol. The molecule has 2 N–H and O–H groups in total. The summed E-state index contributed by atoms with van der Waals surface area (Å²) in [5.74, 6) is 0.172. The van der Waals surface area contributed by atoms with E-state index in [1.165, 1.54) is 18.3 Å². The van der Waals surface area contributed by atoms with Crippen LogP contribution in [0.25, 0.3) is 0 Å². The highest BCUT2D eigenvalue weighted by atomic mass is 19.1. The summed E-state index contributed by atoms with van der Waals surface area (Å²) in [6.07, 6.45) is 1.49. The van der Waals surface area contributed by atoms with Gasteiger partial charge in [-0.3, -0.25) is 9.59 Å². The van der Waals surface area contributed by atoms with Crippen molar-refractivity contribution >= 4 is 18.0 Å². The number of carbonyl (C=O) groups excluding carboxylic acids is 2. The first kappa shape index (κ1) is 23.5. The summed E-state index contributed by atoms with van der Waals surface area (Å²) in [7, 11) is 1.54. The number of benzene rings is 3. The average Bonchev–Trinajstić information content (AvgIpc) is 2.84. The number of hydrogen-bond acceptors (Lipinski definition) is 5. The minimum atomic E-state index is -0.779. The smallest absolute Gasteiger partial charge is 0.262 e. The van der Waals surface area contributed by atoms with Gasteiger partial charge < -0.3 is 14.8 Å². The minimum absolute atomic E-state index is 0.288. The molecule has 3 aromatic carbocycles. The van der Waals surface area contributed by atoms with E-state index in [9.17, 15) is 14.0 Å². The van der Waals surface area contributed by atoms with Gasteiger partial charge in [0.25, 0.3) is 11.8 Å². The van der Waals surface area contributed by atoms with E-state index in [-0.39, 0.29) is 11.7 Å². The molecule has 170 valence electrons. The van der Waals surface area contributed by atoms with Crippen molar-refractivity contribution in [2.24, 2.45) is 5.10 Å². The Bertz CT molecular complexity index is 1100. The first-order chi connectivity index (χ1) is 15.9. The summed E-state index contributed by atoms with van der Waals surface area (Å²) in [5, 5.41) is 6.55. The Morgan fingerprint density at radius 2 is 1.61 bits per heavy atom. The number of rotatable bonds is 9. The van der Waals surface area contributed by atoms with E-state index in [1.54, 1.807) is 74.7 Å². The molecular weight excluding hydrogens is 425 g/mol. The van der Waals surface area contributed by atoms with E-state index in [0.717, 1.165) is 11.1 Å². The van der Waals surface area contributed by atoms with Gasteiger partial charge in [-0.1, -0.05) is 12.1 Å². The van der Waals surface area contributed by atoms with Crippen molar-refractivity contribution < 1.29 is 23.5 Å². The Balaban J connectivity index is 1.44. The van der Waals surface area contributed by atoms with Crippen molar-refractivity contribution in [1.82, 2.24) is 10.7 Å². The lowest BCUT2D eigenvalue weighted by molar-refractivity contribution is -0.122. The normalized spacial score (nSPS) is 11.6. The molecule has 1 atom stereocenters. The van der Waals surface area contributed by atoms with Crippen molar-refractivity contribution in [3.8, 4) is 11.5 Å². The standard InChI is InChI=1S/C25H24FN3O4/c1-17(28-25(31)20-7-13-22(32-2)14-8-20)24(30)29-27-15-18-5-11-23(12-6-18)33-16-19-3-9-21(26)10-4-19/h3-15,17H,16H2,1-2H3,(H,28,31)(H,29,30). The lowest BCUT2D eigenvalue weighted by Gasteiger charge is -2.12. The number of halogens is 1. The number of methoxy groups -OCH3 is 1. The Hall–Kier alpha value is -4.20. The highest BCUT2D eigenvalue weighted by Gasteiger charge is 2.16. The number of ether oxygens (including phenoxy) is 2. The highest BCUT2D eigenvalue weighted by molar-refractivity contribution is 5.97. The van der Waals surface area contributed by atoms with Gasteiger partial charge in [-0.2, -0.15) is 5.10 Å². The minimum Gasteiger partial charge on any atom is -0.497 e. The molecule has 3 aromatic rings. The maximum absolute atomic E-state index is 12.9. The first-order valence-corrected chi connectivity index (χ1v) is 10.2. The van der Waals surface area contributed by atoms with Gasteiger partial charge in [0.15, 0.2) is 0 Å². The molecule has 0 heterocycles. The monoisotopic (exact) mass is 449 g/mol. The molecule has 7 nitrogen and oxygen atoms in total. The van der Waals surface area contributed by atoms with Crippen LogP contribution in [0.15, 0.2) is 77.9 Å². The van der Waals surface area contributed by atoms with Crippen molar-refractivity contribution in [3.05, 3.63) is 95.3 Å². The Morgan fingerprint density at radius 3 is 2.24 bits per heavy atom. The fraction of sp³-hybridized carbons (Fsp3) is 0.160. The second-order valence-corrected chi connectivity index (χ2v) is 7.14. The van der Waals surface area contributed by atoms with Gasteiger partial charge in [-0.25, -0.2) is 9.82 Å². The number of hydrogen-bond donors (Lipinski definition) is 2. The summed E-state index contributed by atoms with van der Waals surface area (Å²) in [4.78, 5) is 24.4. The summed E-state index contributed by atoms with van der Waals surface area (Å²) in [6.45, 7) is 1.89. The van der Waals surface area contributed by atoms with Gasteiger partial charge in [0.05, 0.1) is 13.3 Å². The van der Waals surface area contributed by atoms with Gasteiger partial charge in [-0.05, 0) is 78.7 Å². The van der Waals surface area contributed by atoms with Gasteiger partial charge in [0, 0.05) is 5.56 Å². The Labute approximate surface area is 191 Å². The zero-order chi connectivity index (χ0) is 23.6. The zero-order valence-corrected chi connectivity index (χ0v) is 18.2. The van der Waals surface area contributed by atoms with E-state index < -0.39 is 11.9 Å². The third-order valence-electron chi connectivity index (χ3n) is 4.68. The van der Waals surface area contributed by atoms with Crippen LogP contribution in [-0.2, 0) is 11.4 Å². The van der Waals surface area contributed by atoms with Crippen molar-refractivity contribution in [1.29, 1.82) is 0 Å². The third kappa shape index (κ3) is 7.17. The molecule has 0 aromatic heterocycles. The van der Waals surface area contributed by atoms with Crippen LogP contribution in [0.1, 0.15) is 28.4 Å². The van der Waals surface area contributed by atoms with Gasteiger partial charge in [0.1, 0.15) is 30.0 Å². The summed E-state index contributed by atoms with van der Waals surface area (Å²) in [6, 6.07) is 19.0. The van der Waals surface area contributed by atoms with Crippen LogP contribution >= 0.6 is 0 Å². The van der Waals surface area contributed by atoms with Crippen LogP contribution in [-0.4, -0.2) is 31.2 Å². The largest absolute Gasteiger partial charge is 0.497 e. The summed E-state index contributed by atoms with van der Waals surface area (Å²) < 4.78 is 23.7. The van der Waals surface area contributed by atoms with Gasteiger partial charge >= 0.3 is 0 Å². The van der Waals surface area contributed by atoms with Crippen LogP contribution in [0.2, 0.25) is 0 Å². The fourth-order valence-corrected chi connectivity index (χ4v) is 2.75. The fourth-order valence-electron chi connectivity index (χ4n) is 2.75. The zero-order valence-electron chi connectivity index (χ0n) is 18.2. The molecule has 0 radical (unpaired) electrons. The first-order valence-electron chi connectivity index (χ1n) is 10.2. The predicted molar refractivity (Wildman–Crippen MR) is 123 cm³/mol. The van der Waals surface area contributed by atoms with Crippen LogP contribution in [0.4, 0.5) is 4.39 Å². The SMILES string of the molecule is COc1ccc(C(=O)NC(C)C(=O)NN=Cc2ccc(OCc3ccc(F)cc3)cc2)cc1. The molecule has 0 bridgehead atoms. The molecule has 0 aliphatic rings. The van der Waals surface area contributed by atoms with Crippen LogP contribution in [0.5, 0.6) is 11.5 Å². The van der Waals surface area contributed by atoms with Gasteiger partial charge in [-0.15, -0.1) is 0 Å². The maximum atomic E-state index is 12.9. The Kier molecular flexibility index (Phi) is 8.13. The van der Waals surface area contributed by atoms with E-state index in [4.69, 9.17) is 9.47 Å². The molecular formula is C25H24FN3O4. The van der Waals surface area contributed by atoms with Crippen molar-refractivity contribution in [2.45, 2.75) is 19.6 Å². The predicted octanol–water partition coefficient (Wildman–Crippen LogP) is 3.68. The molecule has 0 aliphatic carbocycles. The number of nitrogens with zero attached hydrogens (tertiary/aromatic N) is 1. The molecule has 1 unspecified atom stereocenters. The molecule has 0 saturated carbocycles. The van der Waals surface area contributed by atoms with Gasteiger partial charge in [0.2, 0.25) is 0 Å². The second kappa shape index (κ2) is 11.4. The van der Waals surface area contributed by atoms with E-state index >= 15 is 0 Å². The number of amides is 2. The van der Waals surface area contributed by atoms with Crippen LogP contribution < -0.4 is 20.2 Å². The molecule has 0 aliphatic heterocycles. The molecule has 8 heteroatoms. The number of carbonyl (C=O) groups is 2. The molecule has 0 spiro atoms. The Morgan fingerprint density at radius 1 is 0.970 bits per heavy atom. The van der Waals surface area contributed by atoms with Crippen LogP contribution in [0.3, 0.4) is 0 Å². The number of nitrogens with one attached hydrogen (secondary N) is 2. The molecule has 0 fully saturated rings. The van der Waals surface area contributed by atoms with E-state index in [1.807, 2.05) is 0 Å². The number of hydrazone groups is 1. The summed E-state index contributed by atoms with van der Waals surface area (Å²) in [5.41, 5.74) is 4.43. The molecule has 2 amide bonds. The topological polar surface area (TPSA) is 89.0 Å². The molecule has 3 rings (SSSR count). The van der Waals surface area contributed by atoms with E-state index in [2.05, 4.69) is 15.8 Å². The summed E-state index contributed by atoms with van der Waals surface area (Å²) >= 11 is 0. The molecule has 0 saturated heterocycles. The maximum Gasteiger partial charge on any atom is 0.262 e. The second-order valence-electron chi connectivity index (χ2n) is 7.14. The van der Waals surface area contributed by atoms with Crippen LogP contribution in [0, 0.1) is 5.82 Å². The van der Waals surface area contributed by atoms with Crippen molar-refractivity contribution in [2.75, 3.05) is 7.11 Å². The quantitative estimate of drug-likeness (QED) is 0.385. The molecule has 33 heavy (non-hydrogen) atoms. The van der Waals surface area contributed by atoms with Crippen molar-refractivity contribution in [3.63, 3.8) is 0 Å².